The Hall–Kier alpha value is -2.11. The Balaban J connectivity index is 1.91. The molecule has 1 fully saturated rings. The summed E-state index contributed by atoms with van der Waals surface area (Å²) in [5.41, 5.74) is -0.131. The van der Waals surface area contributed by atoms with E-state index in [1.54, 1.807) is 6.07 Å². The summed E-state index contributed by atoms with van der Waals surface area (Å²) in [6.45, 7) is 3.63. The lowest BCUT2D eigenvalue weighted by Crippen LogP contribution is -2.46. The summed E-state index contributed by atoms with van der Waals surface area (Å²) in [5.74, 6) is -0.686. The van der Waals surface area contributed by atoms with E-state index in [2.05, 4.69) is 12.2 Å². The van der Waals surface area contributed by atoms with Crippen LogP contribution in [-0.4, -0.2) is 24.0 Å². The zero-order valence-electron chi connectivity index (χ0n) is 13.0. The zero-order valence-corrected chi connectivity index (χ0v) is 13.0. The lowest BCUT2D eigenvalue weighted by atomic mass is 9.86. The fourth-order valence-electron chi connectivity index (χ4n) is 2.69. The number of ether oxygens (including phenoxy) is 1. The van der Waals surface area contributed by atoms with E-state index in [9.17, 15) is 14.8 Å². The molecule has 1 aromatic rings. The third kappa shape index (κ3) is 3.96. The SMILES string of the molecule is C[C@@H]1CCCC[C@H]1NC(=O)[C@@H](C)OC(=O)c1cccc[n+]1[O-]. The van der Waals surface area contributed by atoms with E-state index in [4.69, 9.17) is 4.74 Å². The van der Waals surface area contributed by atoms with Gasteiger partial charge in [-0.2, -0.15) is 4.73 Å². The molecular weight excluding hydrogens is 284 g/mol. The highest BCUT2D eigenvalue weighted by Crippen LogP contribution is 2.23. The normalized spacial score (nSPS) is 22.6. The molecule has 1 heterocycles. The lowest BCUT2D eigenvalue weighted by molar-refractivity contribution is -0.608. The van der Waals surface area contributed by atoms with E-state index >= 15 is 0 Å². The van der Waals surface area contributed by atoms with Crippen molar-refractivity contribution in [1.82, 2.24) is 5.32 Å². The minimum atomic E-state index is -0.929. The molecule has 0 aliphatic heterocycles. The van der Waals surface area contributed by atoms with Gasteiger partial charge in [0.15, 0.2) is 12.3 Å². The van der Waals surface area contributed by atoms with Gasteiger partial charge in [0.05, 0.1) is 0 Å². The fraction of sp³-hybridized carbons (Fsp3) is 0.562. The van der Waals surface area contributed by atoms with E-state index in [1.807, 2.05) is 0 Å². The second kappa shape index (κ2) is 7.24. The molecule has 2 rings (SSSR count). The van der Waals surface area contributed by atoms with Gasteiger partial charge >= 0.3 is 11.7 Å². The molecular formula is C16H22N2O4. The van der Waals surface area contributed by atoms with E-state index in [-0.39, 0.29) is 17.6 Å². The summed E-state index contributed by atoms with van der Waals surface area (Å²) in [6, 6.07) is 4.58. The number of nitrogens with zero attached hydrogens (tertiary/aromatic N) is 1. The predicted octanol–water partition coefficient (Wildman–Crippen LogP) is 1.56. The summed E-state index contributed by atoms with van der Waals surface area (Å²) < 4.78 is 5.51. The Bertz CT molecular complexity index is 547. The van der Waals surface area contributed by atoms with Crippen LogP contribution in [0.4, 0.5) is 0 Å². The molecule has 1 saturated carbocycles. The molecule has 1 aliphatic rings. The van der Waals surface area contributed by atoms with E-state index in [0.29, 0.717) is 10.6 Å². The van der Waals surface area contributed by atoms with Gasteiger partial charge in [0.1, 0.15) is 0 Å². The molecule has 0 spiro atoms. The van der Waals surface area contributed by atoms with Crippen LogP contribution in [-0.2, 0) is 9.53 Å². The van der Waals surface area contributed by atoms with Gasteiger partial charge in [-0.15, -0.1) is 0 Å². The molecule has 1 aliphatic carbocycles. The number of amides is 1. The molecule has 0 aromatic carbocycles. The lowest BCUT2D eigenvalue weighted by Gasteiger charge is -2.30. The van der Waals surface area contributed by atoms with Gasteiger partial charge in [0.25, 0.3) is 5.91 Å². The summed E-state index contributed by atoms with van der Waals surface area (Å²) in [5, 5.41) is 14.4. The summed E-state index contributed by atoms with van der Waals surface area (Å²) >= 11 is 0. The van der Waals surface area contributed by atoms with Crippen LogP contribution in [0.15, 0.2) is 24.4 Å². The van der Waals surface area contributed by atoms with Crippen molar-refractivity contribution in [1.29, 1.82) is 0 Å². The summed E-state index contributed by atoms with van der Waals surface area (Å²) in [7, 11) is 0. The van der Waals surface area contributed by atoms with Crippen molar-refractivity contribution in [2.24, 2.45) is 5.92 Å². The monoisotopic (exact) mass is 306 g/mol. The van der Waals surface area contributed by atoms with Gasteiger partial charge in [0, 0.05) is 18.2 Å². The number of carbonyl (C=O) groups excluding carboxylic acids is 2. The maximum Gasteiger partial charge on any atom is 0.405 e. The Kier molecular flexibility index (Phi) is 5.35. The largest absolute Gasteiger partial charge is 0.618 e. The highest BCUT2D eigenvalue weighted by Gasteiger charge is 2.28. The molecule has 1 amide bonds. The van der Waals surface area contributed by atoms with Crippen LogP contribution in [0.2, 0.25) is 0 Å². The molecule has 6 nitrogen and oxygen atoms in total. The topological polar surface area (TPSA) is 82.3 Å². The summed E-state index contributed by atoms with van der Waals surface area (Å²) in [4.78, 5) is 24.0. The van der Waals surface area contributed by atoms with Crippen molar-refractivity contribution in [3.05, 3.63) is 35.3 Å². The number of nitrogens with one attached hydrogen (secondary N) is 1. The van der Waals surface area contributed by atoms with Crippen molar-refractivity contribution >= 4 is 11.9 Å². The predicted molar refractivity (Wildman–Crippen MR) is 79.8 cm³/mol. The molecule has 1 aromatic heterocycles. The average molecular weight is 306 g/mol. The first-order valence-corrected chi connectivity index (χ1v) is 7.68. The Labute approximate surface area is 130 Å². The number of carbonyl (C=O) groups is 2. The molecule has 6 heteroatoms. The molecule has 0 unspecified atom stereocenters. The molecule has 0 radical (unpaired) electrons. The van der Waals surface area contributed by atoms with Gasteiger partial charge in [-0.25, -0.2) is 4.79 Å². The van der Waals surface area contributed by atoms with Crippen LogP contribution in [0, 0.1) is 11.1 Å². The first kappa shape index (κ1) is 16.3. The minimum absolute atomic E-state index is 0.128. The van der Waals surface area contributed by atoms with Crippen molar-refractivity contribution in [2.75, 3.05) is 0 Å². The second-order valence-corrected chi connectivity index (χ2v) is 5.84. The minimum Gasteiger partial charge on any atom is -0.618 e. The standard InChI is InChI=1S/C16H22N2O4/c1-11-7-3-4-8-13(11)17-15(19)12(2)22-16(20)14-9-5-6-10-18(14)21/h5-6,9-13H,3-4,7-8H2,1-2H3,(H,17,19)/t11-,12-,13-/m1/s1. The zero-order chi connectivity index (χ0) is 16.1. The molecule has 0 saturated heterocycles. The van der Waals surface area contributed by atoms with Crippen LogP contribution in [0.3, 0.4) is 0 Å². The molecule has 3 atom stereocenters. The first-order valence-electron chi connectivity index (χ1n) is 7.68. The number of hydrogen-bond donors (Lipinski definition) is 1. The smallest absolute Gasteiger partial charge is 0.405 e. The van der Waals surface area contributed by atoms with Crippen LogP contribution in [0.5, 0.6) is 0 Å². The highest BCUT2D eigenvalue weighted by atomic mass is 16.6. The molecule has 120 valence electrons. The first-order chi connectivity index (χ1) is 10.5. The highest BCUT2D eigenvalue weighted by molar-refractivity contribution is 5.89. The second-order valence-electron chi connectivity index (χ2n) is 5.84. The number of rotatable bonds is 4. The third-order valence-corrected chi connectivity index (χ3v) is 4.13. The Morgan fingerprint density at radius 3 is 2.77 bits per heavy atom. The van der Waals surface area contributed by atoms with Crippen LogP contribution in [0.1, 0.15) is 50.0 Å². The third-order valence-electron chi connectivity index (χ3n) is 4.13. The number of esters is 1. The maximum absolute atomic E-state index is 12.1. The average Bonchev–Trinajstić information content (AvgIpc) is 2.49. The number of hydrogen-bond acceptors (Lipinski definition) is 4. The fourth-order valence-corrected chi connectivity index (χ4v) is 2.69. The van der Waals surface area contributed by atoms with E-state index < -0.39 is 12.1 Å². The molecule has 0 bridgehead atoms. The van der Waals surface area contributed by atoms with Gasteiger partial charge < -0.3 is 15.3 Å². The number of aromatic nitrogens is 1. The van der Waals surface area contributed by atoms with Crippen LogP contribution in [0.25, 0.3) is 0 Å². The van der Waals surface area contributed by atoms with E-state index in [1.165, 1.54) is 31.7 Å². The summed E-state index contributed by atoms with van der Waals surface area (Å²) in [6.07, 6.45) is 4.62. The number of pyridine rings is 1. The van der Waals surface area contributed by atoms with Gasteiger partial charge in [-0.05, 0) is 31.7 Å². The Morgan fingerprint density at radius 1 is 1.36 bits per heavy atom. The van der Waals surface area contributed by atoms with Gasteiger partial charge in [-0.1, -0.05) is 19.8 Å². The molecule has 22 heavy (non-hydrogen) atoms. The van der Waals surface area contributed by atoms with Gasteiger partial charge in [-0.3, -0.25) is 4.79 Å². The van der Waals surface area contributed by atoms with Gasteiger partial charge in [0.2, 0.25) is 0 Å². The van der Waals surface area contributed by atoms with Crippen molar-refractivity contribution < 1.29 is 19.1 Å². The quantitative estimate of drug-likeness (QED) is 0.520. The molecule has 1 N–H and O–H groups in total. The van der Waals surface area contributed by atoms with E-state index in [0.717, 1.165) is 19.3 Å². The van der Waals surface area contributed by atoms with Crippen LogP contribution < -0.4 is 10.0 Å². The van der Waals surface area contributed by atoms with Crippen molar-refractivity contribution in [3.63, 3.8) is 0 Å². The Morgan fingerprint density at radius 2 is 2.09 bits per heavy atom. The van der Waals surface area contributed by atoms with Crippen molar-refractivity contribution in [2.45, 2.75) is 51.7 Å². The van der Waals surface area contributed by atoms with Crippen molar-refractivity contribution in [3.8, 4) is 0 Å². The maximum atomic E-state index is 12.1. The van der Waals surface area contributed by atoms with Crippen LogP contribution >= 0.6 is 0 Å².